The number of ether oxygens (including phenoxy) is 1. The largest absolute Gasteiger partial charge is 0.494 e. The van der Waals surface area contributed by atoms with Crippen LogP contribution in [0.5, 0.6) is 5.75 Å². The third-order valence-corrected chi connectivity index (χ3v) is 5.78. The van der Waals surface area contributed by atoms with E-state index < -0.39 is 0 Å². The molecule has 4 aromatic rings. The van der Waals surface area contributed by atoms with E-state index in [0.717, 1.165) is 29.7 Å². The zero-order chi connectivity index (χ0) is 22.8. The monoisotopic (exact) mass is 445 g/mol. The van der Waals surface area contributed by atoms with Crippen molar-refractivity contribution >= 4 is 22.8 Å². The number of carbonyl (C=O) groups is 1. The fourth-order valence-corrected chi connectivity index (χ4v) is 4.20. The SMILES string of the molecule is CCOc1ccc(NC(=O)N2CCC[C@@H]2c2nc3cc(-c4cccc(F)c4)ccc3o2)cc1. The predicted molar refractivity (Wildman–Crippen MR) is 125 cm³/mol. The molecule has 2 heterocycles. The van der Waals surface area contributed by atoms with Crippen LogP contribution in [0, 0.1) is 5.82 Å². The van der Waals surface area contributed by atoms with Gasteiger partial charge in [-0.25, -0.2) is 14.2 Å². The highest BCUT2D eigenvalue weighted by Crippen LogP contribution is 2.35. The van der Waals surface area contributed by atoms with Crippen molar-refractivity contribution < 1.29 is 18.3 Å². The number of amides is 2. The highest BCUT2D eigenvalue weighted by molar-refractivity contribution is 5.90. The number of anilines is 1. The van der Waals surface area contributed by atoms with Crippen molar-refractivity contribution in [3.05, 3.63) is 78.4 Å². The van der Waals surface area contributed by atoms with Gasteiger partial charge in [-0.1, -0.05) is 18.2 Å². The summed E-state index contributed by atoms with van der Waals surface area (Å²) < 4.78 is 25.1. The molecule has 1 aromatic heterocycles. The van der Waals surface area contributed by atoms with Crippen molar-refractivity contribution in [3.8, 4) is 16.9 Å². The zero-order valence-corrected chi connectivity index (χ0v) is 18.3. The molecule has 3 aromatic carbocycles. The minimum Gasteiger partial charge on any atom is -0.494 e. The first-order valence-corrected chi connectivity index (χ1v) is 11.1. The maximum absolute atomic E-state index is 13.6. The summed E-state index contributed by atoms with van der Waals surface area (Å²) in [6, 6.07) is 18.9. The molecule has 7 heteroatoms. The van der Waals surface area contributed by atoms with Crippen LogP contribution in [-0.4, -0.2) is 29.1 Å². The van der Waals surface area contributed by atoms with Crippen LogP contribution >= 0.6 is 0 Å². The number of nitrogens with one attached hydrogen (secondary N) is 1. The standard InChI is InChI=1S/C26H24FN3O3/c1-2-32-21-11-9-20(10-12-21)28-26(31)30-14-4-7-23(30)25-29-22-16-18(8-13-24(22)33-25)17-5-3-6-19(27)15-17/h3,5-6,8-13,15-16,23H,2,4,7,14H2,1H3,(H,28,31)/t23-/m1/s1. The van der Waals surface area contributed by atoms with Gasteiger partial charge in [0.1, 0.15) is 23.1 Å². The Labute approximate surface area is 191 Å². The third-order valence-electron chi connectivity index (χ3n) is 5.78. The highest BCUT2D eigenvalue weighted by atomic mass is 19.1. The molecule has 0 saturated carbocycles. The Hall–Kier alpha value is -3.87. The summed E-state index contributed by atoms with van der Waals surface area (Å²) in [6.07, 6.45) is 1.65. The molecule has 0 spiro atoms. The maximum atomic E-state index is 13.6. The molecule has 2 amide bonds. The topological polar surface area (TPSA) is 67.6 Å². The summed E-state index contributed by atoms with van der Waals surface area (Å²) in [4.78, 5) is 19.4. The van der Waals surface area contributed by atoms with Crippen LogP contribution in [0.15, 0.2) is 71.1 Å². The lowest BCUT2D eigenvalue weighted by molar-refractivity contribution is 0.199. The summed E-state index contributed by atoms with van der Waals surface area (Å²) in [5, 5.41) is 2.95. The molecule has 168 valence electrons. The van der Waals surface area contributed by atoms with E-state index in [1.54, 1.807) is 11.0 Å². The molecule has 5 rings (SSSR count). The van der Waals surface area contributed by atoms with Gasteiger partial charge in [0, 0.05) is 12.2 Å². The van der Waals surface area contributed by atoms with Crippen molar-refractivity contribution in [2.24, 2.45) is 0 Å². The number of nitrogens with zero attached hydrogens (tertiary/aromatic N) is 2. The van der Waals surface area contributed by atoms with E-state index in [1.807, 2.05) is 55.5 Å². The molecule has 1 fully saturated rings. The van der Waals surface area contributed by atoms with Gasteiger partial charge < -0.3 is 19.4 Å². The summed E-state index contributed by atoms with van der Waals surface area (Å²) in [5.41, 5.74) is 3.66. The molecule has 1 saturated heterocycles. The minimum atomic E-state index is -0.284. The van der Waals surface area contributed by atoms with Gasteiger partial charge in [0.2, 0.25) is 5.89 Å². The number of fused-ring (bicyclic) bond motifs is 1. The van der Waals surface area contributed by atoms with Crippen molar-refractivity contribution in [1.29, 1.82) is 0 Å². The minimum absolute atomic E-state index is 0.190. The lowest BCUT2D eigenvalue weighted by Gasteiger charge is -2.22. The van der Waals surface area contributed by atoms with Crippen LogP contribution in [0.2, 0.25) is 0 Å². The predicted octanol–water partition coefficient (Wildman–Crippen LogP) is 6.40. The molecule has 1 N–H and O–H groups in total. The van der Waals surface area contributed by atoms with Gasteiger partial charge in [-0.3, -0.25) is 0 Å². The Morgan fingerprint density at radius 3 is 2.76 bits per heavy atom. The number of carbonyl (C=O) groups excluding carboxylic acids is 1. The molecule has 1 aliphatic heterocycles. The fourth-order valence-electron chi connectivity index (χ4n) is 4.20. The second-order valence-electron chi connectivity index (χ2n) is 7.98. The Morgan fingerprint density at radius 2 is 1.97 bits per heavy atom. The molecular weight excluding hydrogens is 421 g/mol. The number of hydrogen-bond acceptors (Lipinski definition) is 4. The van der Waals surface area contributed by atoms with Gasteiger partial charge in [0.05, 0.1) is 6.61 Å². The normalized spacial score (nSPS) is 15.7. The summed E-state index contributed by atoms with van der Waals surface area (Å²) in [5.74, 6) is 0.993. The smallest absolute Gasteiger partial charge is 0.322 e. The highest BCUT2D eigenvalue weighted by Gasteiger charge is 2.33. The number of likely N-dealkylation sites (tertiary alicyclic amines) is 1. The number of urea groups is 1. The van der Waals surface area contributed by atoms with E-state index in [9.17, 15) is 9.18 Å². The van der Waals surface area contributed by atoms with Gasteiger partial charge in [0.25, 0.3) is 0 Å². The van der Waals surface area contributed by atoms with E-state index in [4.69, 9.17) is 9.15 Å². The van der Waals surface area contributed by atoms with E-state index in [2.05, 4.69) is 10.3 Å². The van der Waals surface area contributed by atoms with Crippen molar-refractivity contribution in [1.82, 2.24) is 9.88 Å². The van der Waals surface area contributed by atoms with Crippen LogP contribution < -0.4 is 10.1 Å². The lowest BCUT2D eigenvalue weighted by Crippen LogP contribution is -2.34. The third kappa shape index (κ3) is 4.39. The second-order valence-corrected chi connectivity index (χ2v) is 7.98. The fraction of sp³-hybridized carbons (Fsp3) is 0.231. The van der Waals surface area contributed by atoms with Gasteiger partial charge in [0.15, 0.2) is 5.58 Å². The van der Waals surface area contributed by atoms with Crippen molar-refractivity contribution in [2.75, 3.05) is 18.5 Å². The number of halogens is 1. The van der Waals surface area contributed by atoms with Crippen LogP contribution in [0.3, 0.4) is 0 Å². The first kappa shape index (κ1) is 21.0. The molecule has 0 bridgehead atoms. The lowest BCUT2D eigenvalue weighted by atomic mass is 10.1. The molecule has 0 radical (unpaired) electrons. The average Bonchev–Trinajstić information content (AvgIpc) is 3.47. The molecule has 6 nitrogen and oxygen atoms in total. The van der Waals surface area contributed by atoms with Crippen LogP contribution in [-0.2, 0) is 0 Å². The quantitative estimate of drug-likeness (QED) is 0.386. The Balaban J connectivity index is 1.35. The molecule has 1 aliphatic rings. The Morgan fingerprint density at radius 1 is 1.15 bits per heavy atom. The maximum Gasteiger partial charge on any atom is 0.322 e. The Bertz CT molecular complexity index is 1290. The number of oxazole rings is 1. The van der Waals surface area contributed by atoms with Gasteiger partial charge in [-0.2, -0.15) is 0 Å². The van der Waals surface area contributed by atoms with Crippen molar-refractivity contribution in [3.63, 3.8) is 0 Å². The van der Waals surface area contributed by atoms with Crippen LogP contribution in [0.25, 0.3) is 22.2 Å². The first-order valence-electron chi connectivity index (χ1n) is 11.1. The molecule has 0 unspecified atom stereocenters. The Kier molecular flexibility index (Phi) is 5.69. The number of aromatic nitrogens is 1. The second kappa shape index (κ2) is 8.94. The molecule has 0 aliphatic carbocycles. The average molecular weight is 445 g/mol. The van der Waals surface area contributed by atoms with Gasteiger partial charge >= 0.3 is 6.03 Å². The van der Waals surface area contributed by atoms with Crippen LogP contribution in [0.4, 0.5) is 14.9 Å². The summed E-state index contributed by atoms with van der Waals surface area (Å²) >= 11 is 0. The number of hydrogen-bond donors (Lipinski definition) is 1. The molecular formula is C26H24FN3O3. The number of benzene rings is 3. The first-order chi connectivity index (χ1) is 16.1. The molecule has 33 heavy (non-hydrogen) atoms. The van der Waals surface area contributed by atoms with Gasteiger partial charge in [-0.05, 0) is 79.4 Å². The van der Waals surface area contributed by atoms with E-state index in [-0.39, 0.29) is 17.9 Å². The van der Waals surface area contributed by atoms with Gasteiger partial charge in [-0.15, -0.1) is 0 Å². The van der Waals surface area contributed by atoms with Crippen molar-refractivity contribution in [2.45, 2.75) is 25.8 Å². The van der Waals surface area contributed by atoms with E-state index in [1.165, 1.54) is 12.1 Å². The summed E-state index contributed by atoms with van der Waals surface area (Å²) in [6.45, 7) is 3.15. The van der Waals surface area contributed by atoms with Crippen LogP contribution in [0.1, 0.15) is 31.7 Å². The zero-order valence-electron chi connectivity index (χ0n) is 18.3. The van der Waals surface area contributed by atoms with E-state index in [0.29, 0.717) is 35.8 Å². The van der Waals surface area contributed by atoms with E-state index >= 15 is 0 Å². The summed E-state index contributed by atoms with van der Waals surface area (Å²) in [7, 11) is 0. The molecule has 1 atom stereocenters. The number of rotatable bonds is 5.